The van der Waals surface area contributed by atoms with Crippen molar-refractivity contribution in [1.29, 1.82) is 0 Å². The fourth-order valence-corrected chi connectivity index (χ4v) is 1.69. The Morgan fingerprint density at radius 3 is 2.88 bits per heavy atom. The van der Waals surface area contributed by atoms with E-state index in [1.807, 2.05) is 13.0 Å². The van der Waals surface area contributed by atoms with E-state index in [-0.39, 0.29) is 0 Å². The summed E-state index contributed by atoms with van der Waals surface area (Å²) in [4.78, 5) is 9.81. The zero-order chi connectivity index (χ0) is 12.4. The maximum absolute atomic E-state index is 10.3. The molecule has 0 spiro atoms. The van der Waals surface area contributed by atoms with E-state index in [2.05, 4.69) is 0 Å². The number of aryl methyl sites for hydroxylation is 1. The topological polar surface area (TPSA) is 65.5 Å². The normalized spacial score (nSPS) is 11.2. The largest absolute Gasteiger partial charge is 0.493 e. The quantitative estimate of drug-likeness (QED) is 0.603. The van der Waals surface area contributed by atoms with Crippen LogP contribution in [0.2, 0.25) is 0 Å². The van der Waals surface area contributed by atoms with Gasteiger partial charge < -0.3 is 9.15 Å². The van der Waals surface area contributed by atoms with Gasteiger partial charge in [0.2, 0.25) is 6.20 Å². The minimum atomic E-state index is -0.497. The van der Waals surface area contributed by atoms with Crippen molar-refractivity contribution in [2.75, 3.05) is 7.11 Å². The van der Waals surface area contributed by atoms with Crippen molar-refractivity contribution in [3.8, 4) is 5.75 Å². The molecule has 5 nitrogen and oxygen atoms in total. The van der Waals surface area contributed by atoms with E-state index >= 15 is 0 Å². The minimum absolute atomic E-state index is 0.497. The summed E-state index contributed by atoms with van der Waals surface area (Å²) >= 11 is 0. The van der Waals surface area contributed by atoms with Gasteiger partial charge in [0.25, 0.3) is 0 Å². The molecule has 17 heavy (non-hydrogen) atoms. The number of fused-ring (bicyclic) bond motifs is 1. The molecule has 1 aromatic carbocycles. The van der Waals surface area contributed by atoms with Crippen LogP contribution < -0.4 is 4.74 Å². The van der Waals surface area contributed by atoms with E-state index in [4.69, 9.17) is 9.15 Å². The summed E-state index contributed by atoms with van der Waals surface area (Å²) in [5, 5.41) is 11.1. The highest BCUT2D eigenvalue weighted by molar-refractivity contribution is 5.91. The number of methoxy groups -OCH3 is 1. The maximum atomic E-state index is 10.3. The Morgan fingerprint density at radius 2 is 2.24 bits per heavy atom. The molecule has 5 heteroatoms. The van der Waals surface area contributed by atoms with Crippen molar-refractivity contribution in [2.45, 2.75) is 6.92 Å². The highest BCUT2D eigenvalue weighted by Crippen LogP contribution is 2.31. The standard InChI is InChI=1S/C12H11NO4/c1-8-7-10-9(5-6-13(14)15)3-4-11(16-2)12(10)17-8/h3-7H,1-2H3/b6-5+. The highest BCUT2D eigenvalue weighted by atomic mass is 16.6. The third-order valence-corrected chi connectivity index (χ3v) is 2.40. The average Bonchev–Trinajstić information content (AvgIpc) is 2.67. The van der Waals surface area contributed by atoms with Gasteiger partial charge >= 0.3 is 0 Å². The van der Waals surface area contributed by atoms with Gasteiger partial charge in [-0.1, -0.05) is 6.07 Å². The van der Waals surface area contributed by atoms with Crippen LogP contribution in [-0.2, 0) is 0 Å². The number of nitro groups is 1. The number of nitrogens with zero attached hydrogens (tertiary/aromatic N) is 1. The van der Waals surface area contributed by atoms with Gasteiger partial charge in [-0.25, -0.2) is 0 Å². The predicted octanol–water partition coefficient (Wildman–Crippen LogP) is 3.00. The second kappa shape index (κ2) is 4.29. The summed E-state index contributed by atoms with van der Waals surface area (Å²) in [5.41, 5.74) is 1.34. The van der Waals surface area contributed by atoms with Gasteiger partial charge in [-0.15, -0.1) is 0 Å². The van der Waals surface area contributed by atoms with Gasteiger partial charge in [-0.3, -0.25) is 10.1 Å². The van der Waals surface area contributed by atoms with Crippen LogP contribution >= 0.6 is 0 Å². The first-order chi connectivity index (χ1) is 8.11. The lowest BCUT2D eigenvalue weighted by molar-refractivity contribution is -0.400. The van der Waals surface area contributed by atoms with Gasteiger partial charge in [0.05, 0.1) is 12.0 Å². The van der Waals surface area contributed by atoms with Crippen molar-refractivity contribution in [2.24, 2.45) is 0 Å². The van der Waals surface area contributed by atoms with Crippen LogP contribution in [-0.4, -0.2) is 12.0 Å². The molecular formula is C12H11NO4. The fourth-order valence-electron chi connectivity index (χ4n) is 1.69. The Hall–Kier alpha value is -2.30. The van der Waals surface area contributed by atoms with Crippen molar-refractivity contribution in [1.82, 2.24) is 0 Å². The molecule has 2 aromatic rings. The third kappa shape index (κ3) is 2.13. The molecule has 0 amide bonds. The predicted molar refractivity (Wildman–Crippen MR) is 63.5 cm³/mol. The van der Waals surface area contributed by atoms with E-state index in [0.29, 0.717) is 11.3 Å². The Morgan fingerprint density at radius 1 is 1.47 bits per heavy atom. The van der Waals surface area contributed by atoms with Gasteiger partial charge in [0, 0.05) is 11.5 Å². The Kier molecular flexibility index (Phi) is 2.82. The average molecular weight is 233 g/mol. The Balaban J connectivity index is 2.62. The first-order valence-corrected chi connectivity index (χ1v) is 5.00. The maximum Gasteiger partial charge on any atom is 0.235 e. The smallest absolute Gasteiger partial charge is 0.235 e. The zero-order valence-corrected chi connectivity index (χ0v) is 9.47. The van der Waals surface area contributed by atoms with Crippen molar-refractivity contribution in [3.63, 3.8) is 0 Å². The molecule has 0 fully saturated rings. The zero-order valence-electron chi connectivity index (χ0n) is 9.47. The summed E-state index contributed by atoms with van der Waals surface area (Å²) < 4.78 is 10.7. The van der Waals surface area contributed by atoms with E-state index in [1.54, 1.807) is 19.2 Å². The van der Waals surface area contributed by atoms with E-state index in [1.165, 1.54) is 6.08 Å². The molecule has 0 radical (unpaired) electrons. The molecule has 0 saturated carbocycles. The molecule has 1 heterocycles. The van der Waals surface area contributed by atoms with Gasteiger partial charge in [-0.05, 0) is 24.6 Å². The minimum Gasteiger partial charge on any atom is -0.493 e. The van der Waals surface area contributed by atoms with Crippen LogP contribution in [0.3, 0.4) is 0 Å². The Labute approximate surface area is 97.4 Å². The van der Waals surface area contributed by atoms with Gasteiger partial charge in [0.1, 0.15) is 5.76 Å². The molecule has 2 rings (SSSR count). The first kappa shape index (κ1) is 11.2. The number of ether oxygens (including phenoxy) is 1. The second-order valence-electron chi connectivity index (χ2n) is 3.56. The molecule has 88 valence electrons. The van der Waals surface area contributed by atoms with Crippen LogP contribution in [0.15, 0.2) is 28.8 Å². The number of benzene rings is 1. The van der Waals surface area contributed by atoms with Crippen LogP contribution in [0.1, 0.15) is 11.3 Å². The van der Waals surface area contributed by atoms with Gasteiger partial charge in [0.15, 0.2) is 11.3 Å². The summed E-state index contributed by atoms with van der Waals surface area (Å²) in [6.07, 6.45) is 2.35. The lowest BCUT2D eigenvalue weighted by Gasteiger charge is -2.01. The van der Waals surface area contributed by atoms with Gasteiger partial charge in [-0.2, -0.15) is 0 Å². The lowest BCUT2D eigenvalue weighted by atomic mass is 10.1. The summed E-state index contributed by atoms with van der Waals surface area (Å²) in [6.45, 7) is 1.82. The molecule has 0 saturated heterocycles. The van der Waals surface area contributed by atoms with Crippen LogP contribution in [0.4, 0.5) is 0 Å². The molecule has 1 aromatic heterocycles. The highest BCUT2D eigenvalue weighted by Gasteiger charge is 2.10. The van der Waals surface area contributed by atoms with E-state index in [9.17, 15) is 10.1 Å². The van der Waals surface area contributed by atoms with Crippen molar-refractivity contribution < 1.29 is 14.1 Å². The molecule has 0 aliphatic carbocycles. The van der Waals surface area contributed by atoms with Crippen molar-refractivity contribution >= 4 is 17.0 Å². The monoisotopic (exact) mass is 233 g/mol. The number of hydrogen-bond donors (Lipinski definition) is 0. The molecule has 0 unspecified atom stereocenters. The number of hydrogen-bond acceptors (Lipinski definition) is 4. The van der Waals surface area contributed by atoms with Crippen molar-refractivity contribution in [3.05, 3.63) is 45.8 Å². The van der Waals surface area contributed by atoms with Crippen LogP contribution in [0.5, 0.6) is 5.75 Å². The number of furan rings is 1. The first-order valence-electron chi connectivity index (χ1n) is 5.00. The molecule has 0 aliphatic heterocycles. The summed E-state index contributed by atoms with van der Waals surface area (Å²) in [5.74, 6) is 1.35. The lowest BCUT2D eigenvalue weighted by Crippen LogP contribution is -1.86. The SMILES string of the molecule is COc1ccc(/C=C/[N+](=O)[O-])c2cc(C)oc12. The Bertz CT molecular complexity index is 598. The van der Waals surface area contributed by atoms with Crippen LogP contribution in [0, 0.1) is 17.0 Å². The second-order valence-corrected chi connectivity index (χ2v) is 3.56. The van der Waals surface area contributed by atoms with E-state index < -0.39 is 4.92 Å². The molecule has 0 N–H and O–H groups in total. The molecule has 0 bridgehead atoms. The fraction of sp³-hybridized carbons (Fsp3) is 0.167. The number of rotatable bonds is 3. The molecule has 0 atom stereocenters. The summed E-state index contributed by atoms with van der Waals surface area (Å²) in [6, 6.07) is 5.32. The molecular weight excluding hydrogens is 222 g/mol. The third-order valence-electron chi connectivity index (χ3n) is 2.40. The van der Waals surface area contributed by atoms with E-state index in [0.717, 1.165) is 22.9 Å². The molecule has 0 aliphatic rings. The van der Waals surface area contributed by atoms with Crippen LogP contribution in [0.25, 0.3) is 17.0 Å². The summed E-state index contributed by atoms with van der Waals surface area (Å²) in [7, 11) is 1.55.